The first-order valence-electron chi connectivity index (χ1n) is 8.40. The van der Waals surface area contributed by atoms with Crippen LogP contribution in [0.25, 0.3) is 0 Å². The number of aryl methyl sites for hydroxylation is 2. The number of benzene rings is 2. The summed E-state index contributed by atoms with van der Waals surface area (Å²) in [5.41, 5.74) is 11.1. The molecule has 138 valence electrons. The minimum absolute atomic E-state index is 0. The number of anilines is 3. The summed E-state index contributed by atoms with van der Waals surface area (Å²) in [6.07, 6.45) is 0.223. The van der Waals surface area contributed by atoms with E-state index in [4.69, 9.17) is 5.73 Å². The number of amides is 2. The first-order valence-corrected chi connectivity index (χ1v) is 8.40. The maximum atomic E-state index is 12.6. The summed E-state index contributed by atoms with van der Waals surface area (Å²) in [4.78, 5) is 26.8. The lowest BCUT2D eigenvalue weighted by Gasteiger charge is -2.20. The lowest BCUT2D eigenvalue weighted by Crippen LogP contribution is -2.28. The van der Waals surface area contributed by atoms with Crippen molar-refractivity contribution in [2.24, 2.45) is 5.92 Å². The van der Waals surface area contributed by atoms with Crippen LogP contribution in [0, 0.1) is 26.7 Å². The van der Waals surface area contributed by atoms with Crippen LogP contribution in [-0.2, 0) is 9.59 Å². The second kappa shape index (κ2) is 7.79. The summed E-state index contributed by atoms with van der Waals surface area (Å²) in [5.74, 6) is -0.527. The Morgan fingerprint density at radius 1 is 1.15 bits per heavy atom. The Morgan fingerprint density at radius 2 is 1.88 bits per heavy atom. The van der Waals surface area contributed by atoms with Gasteiger partial charge in [0.2, 0.25) is 11.8 Å². The molecule has 1 aliphatic heterocycles. The van der Waals surface area contributed by atoms with Crippen LogP contribution in [0.3, 0.4) is 0 Å². The average molecular weight is 374 g/mol. The second-order valence-electron chi connectivity index (χ2n) is 6.69. The first-order chi connectivity index (χ1) is 11.9. The molecule has 6 heteroatoms. The Balaban J connectivity index is 0.00000243. The Hall–Kier alpha value is -2.53. The molecule has 26 heavy (non-hydrogen) atoms. The molecule has 5 nitrogen and oxygen atoms in total. The molecule has 2 aromatic rings. The fraction of sp³-hybridized carbons (Fsp3) is 0.300. The van der Waals surface area contributed by atoms with E-state index in [0.717, 1.165) is 22.4 Å². The molecule has 0 saturated carbocycles. The van der Waals surface area contributed by atoms with Crippen LogP contribution >= 0.6 is 12.4 Å². The van der Waals surface area contributed by atoms with Crippen molar-refractivity contribution in [2.45, 2.75) is 27.2 Å². The van der Waals surface area contributed by atoms with Crippen molar-refractivity contribution >= 4 is 41.3 Å². The molecular formula is C20H24ClN3O2. The number of nitrogens with two attached hydrogens (primary N) is 1. The van der Waals surface area contributed by atoms with Gasteiger partial charge in [0.25, 0.3) is 0 Å². The van der Waals surface area contributed by atoms with Gasteiger partial charge in [-0.3, -0.25) is 9.59 Å². The third-order valence-electron chi connectivity index (χ3n) is 4.88. The van der Waals surface area contributed by atoms with Crippen LogP contribution in [0.2, 0.25) is 0 Å². The molecular weight excluding hydrogens is 350 g/mol. The summed E-state index contributed by atoms with van der Waals surface area (Å²) in [5, 5.41) is 2.91. The number of nitrogens with zero attached hydrogens (tertiary/aromatic N) is 1. The standard InChI is InChI=1S/C20H23N3O2.ClH/c1-12-5-4-6-18(14(12)3)23-11-15(9-19(23)24)20(25)22-17-10-16(21)8-7-13(17)2;/h4-8,10,15H,9,11,21H2,1-3H3,(H,22,25);1H. The second-order valence-corrected chi connectivity index (χ2v) is 6.69. The number of carbonyl (C=O) groups excluding carboxylic acids is 2. The predicted molar refractivity (Wildman–Crippen MR) is 108 cm³/mol. The van der Waals surface area contributed by atoms with Gasteiger partial charge < -0.3 is 16.0 Å². The Bertz CT molecular complexity index is 851. The monoisotopic (exact) mass is 373 g/mol. The van der Waals surface area contributed by atoms with Crippen molar-refractivity contribution in [3.63, 3.8) is 0 Å². The lowest BCUT2D eigenvalue weighted by atomic mass is 10.1. The van der Waals surface area contributed by atoms with Crippen LogP contribution < -0.4 is 16.0 Å². The predicted octanol–water partition coefficient (Wildman–Crippen LogP) is 3.61. The molecule has 1 fully saturated rings. The summed E-state index contributed by atoms with van der Waals surface area (Å²) in [6.45, 7) is 6.33. The van der Waals surface area contributed by atoms with Crippen LogP contribution in [0.1, 0.15) is 23.1 Å². The maximum absolute atomic E-state index is 12.6. The van der Waals surface area contributed by atoms with E-state index in [9.17, 15) is 9.59 Å². The van der Waals surface area contributed by atoms with Gasteiger partial charge >= 0.3 is 0 Å². The lowest BCUT2D eigenvalue weighted by molar-refractivity contribution is -0.122. The minimum atomic E-state index is -0.367. The molecule has 1 saturated heterocycles. The number of nitrogens with one attached hydrogen (secondary N) is 1. The van der Waals surface area contributed by atoms with Gasteiger partial charge in [-0.1, -0.05) is 18.2 Å². The zero-order valence-electron chi connectivity index (χ0n) is 15.2. The molecule has 3 N–H and O–H groups in total. The van der Waals surface area contributed by atoms with Gasteiger partial charge in [0.15, 0.2) is 0 Å². The van der Waals surface area contributed by atoms with Crippen molar-refractivity contribution in [1.29, 1.82) is 0 Å². The molecule has 1 aliphatic rings. The highest BCUT2D eigenvalue weighted by molar-refractivity contribution is 6.04. The normalized spacial score (nSPS) is 16.3. The fourth-order valence-electron chi connectivity index (χ4n) is 3.15. The van der Waals surface area contributed by atoms with Crippen LogP contribution in [0.15, 0.2) is 36.4 Å². The Labute approximate surface area is 160 Å². The Morgan fingerprint density at radius 3 is 2.62 bits per heavy atom. The van der Waals surface area contributed by atoms with Crippen molar-refractivity contribution in [3.05, 3.63) is 53.1 Å². The molecule has 0 spiro atoms. The largest absolute Gasteiger partial charge is 0.399 e. The summed E-state index contributed by atoms with van der Waals surface area (Å²) in [7, 11) is 0. The van der Waals surface area contributed by atoms with Crippen molar-refractivity contribution in [3.8, 4) is 0 Å². The van der Waals surface area contributed by atoms with Gasteiger partial charge in [0, 0.05) is 30.0 Å². The zero-order chi connectivity index (χ0) is 18.1. The van der Waals surface area contributed by atoms with E-state index in [2.05, 4.69) is 5.32 Å². The summed E-state index contributed by atoms with van der Waals surface area (Å²) < 4.78 is 0. The van der Waals surface area contributed by atoms with E-state index >= 15 is 0 Å². The van der Waals surface area contributed by atoms with Crippen molar-refractivity contribution in [1.82, 2.24) is 0 Å². The number of rotatable bonds is 3. The van der Waals surface area contributed by atoms with Crippen molar-refractivity contribution < 1.29 is 9.59 Å². The molecule has 2 amide bonds. The Kier molecular flexibility index (Phi) is 5.93. The molecule has 1 atom stereocenters. The van der Waals surface area contributed by atoms with Crippen LogP contribution in [-0.4, -0.2) is 18.4 Å². The van der Waals surface area contributed by atoms with Gasteiger partial charge in [-0.05, 0) is 55.7 Å². The first kappa shape index (κ1) is 19.8. The molecule has 0 aliphatic carbocycles. The van der Waals surface area contributed by atoms with E-state index in [1.165, 1.54) is 0 Å². The fourth-order valence-corrected chi connectivity index (χ4v) is 3.15. The van der Waals surface area contributed by atoms with E-state index in [1.807, 2.05) is 45.0 Å². The quantitative estimate of drug-likeness (QED) is 0.807. The highest BCUT2D eigenvalue weighted by Crippen LogP contribution is 2.30. The van der Waals surface area contributed by atoms with Gasteiger partial charge in [-0.25, -0.2) is 0 Å². The molecule has 2 aromatic carbocycles. The number of hydrogen-bond acceptors (Lipinski definition) is 3. The molecule has 3 rings (SSSR count). The number of halogens is 1. The summed E-state index contributed by atoms with van der Waals surface area (Å²) in [6, 6.07) is 11.3. The molecule has 0 aromatic heterocycles. The number of carbonyl (C=O) groups is 2. The van der Waals surface area contributed by atoms with E-state index < -0.39 is 0 Å². The minimum Gasteiger partial charge on any atom is -0.399 e. The number of nitrogen functional groups attached to an aromatic ring is 1. The van der Waals surface area contributed by atoms with Gasteiger partial charge in [0.05, 0.1) is 5.92 Å². The van der Waals surface area contributed by atoms with Crippen molar-refractivity contribution in [2.75, 3.05) is 22.5 Å². The molecule has 0 bridgehead atoms. The van der Waals surface area contributed by atoms with Gasteiger partial charge in [-0.15, -0.1) is 12.4 Å². The van der Waals surface area contributed by atoms with Gasteiger partial charge in [0.1, 0.15) is 0 Å². The highest BCUT2D eigenvalue weighted by Gasteiger charge is 2.35. The van der Waals surface area contributed by atoms with E-state index in [-0.39, 0.29) is 36.6 Å². The topological polar surface area (TPSA) is 75.4 Å². The SMILES string of the molecule is Cc1ccc(N)cc1NC(=O)C1CC(=O)N(c2cccc(C)c2C)C1.Cl. The van der Waals surface area contributed by atoms with Crippen LogP contribution in [0.5, 0.6) is 0 Å². The third kappa shape index (κ3) is 3.83. The molecule has 0 radical (unpaired) electrons. The highest BCUT2D eigenvalue weighted by atomic mass is 35.5. The maximum Gasteiger partial charge on any atom is 0.229 e. The smallest absolute Gasteiger partial charge is 0.229 e. The zero-order valence-corrected chi connectivity index (χ0v) is 16.0. The average Bonchev–Trinajstić information content (AvgIpc) is 2.95. The van der Waals surface area contributed by atoms with E-state index in [0.29, 0.717) is 17.9 Å². The molecule has 1 heterocycles. The van der Waals surface area contributed by atoms with E-state index in [1.54, 1.807) is 17.0 Å². The third-order valence-corrected chi connectivity index (χ3v) is 4.88. The number of hydrogen-bond donors (Lipinski definition) is 2. The molecule has 1 unspecified atom stereocenters. The van der Waals surface area contributed by atoms with Gasteiger partial charge in [-0.2, -0.15) is 0 Å². The van der Waals surface area contributed by atoms with Crippen LogP contribution in [0.4, 0.5) is 17.1 Å². The summed E-state index contributed by atoms with van der Waals surface area (Å²) >= 11 is 0.